The lowest BCUT2D eigenvalue weighted by Crippen LogP contribution is -2.28. The van der Waals surface area contributed by atoms with E-state index in [4.69, 9.17) is 4.74 Å². The van der Waals surface area contributed by atoms with Crippen molar-refractivity contribution in [3.8, 4) is 28.7 Å². The molecule has 0 amide bonds. The summed E-state index contributed by atoms with van der Waals surface area (Å²) in [6.45, 7) is -0.175. The van der Waals surface area contributed by atoms with Gasteiger partial charge in [-0.2, -0.15) is 0 Å². The predicted octanol–water partition coefficient (Wildman–Crippen LogP) is 1.79. The maximum atomic E-state index is 9.89. The molecule has 2 unspecified atom stereocenters. The molecule has 0 bridgehead atoms. The summed E-state index contributed by atoms with van der Waals surface area (Å²) in [5.74, 6) is -0.712. The van der Waals surface area contributed by atoms with Gasteiger partial charge in [0.2, 0.25) is 0 Å². The van der Waals surface area contributed by atoms with Crippen molar-refractivity contribution < 1.29 is 30.3 Å². The Morgan fingerprint density at radius 2 is 1.73 bits per heavy atom. The van der Waals surface area contributed by atoms with Crippen molar-refractivity contribution in [3.63, 3.8) is 0 Å². The molecule has 0 aliphatic carbocycles. The molecule has 2 atom stereocenters. The van der Waals surface area contributed by atoms with E-state index in [1.807, 2.05) is 0 Å². The highest BCUT2D eigenvalue weighted by Crippen LogP contribution is 2.44. The third kappa shape index (κ3) is 2.37. The predicted molar refractivity (Wildman–Crippen MR) is 77.2 cm³/mol. The summed E-state index contributed by atoms with van der Waals surface area (Å²) in [4.78, 5) is 0. The maximum absolute atomic E-state index is 9.89. The van der Waals surface area contributed by atoms with Crippen LogP contribution in [0.25, 0.3) is 0 Å². The number of benzene rings is 2. The highest BCUT2D eigenvalue weighted by molar-refractivity contribution is 5.51. The normalized spacial score (nSPS) is 20.2. The maximum Gasteiger partial charge on any atom is 0.157 e. The second kappa shape index (κ2) is 5.31. The van der Waals surface area contributed by atoms with E-state index < -0.39 is 6.10 Å². The molecular weight excluding hydrogens is 288 g/mol. The number of fused-ring (bicyclic) bond motifs is 1. The molecule has 0 spiro atoms. The first kappa shape index (κ1) is 14.3. The lowest BCUT2D eigenvalue weighted by atomic mass is 9.87. The smallest absolute Gasteiger partial charge is 0.157 e. The molecule has 1 aliphatic rings. The molecule has 5 N–H and O–H groups in total. The summed E-state index contributed by atoms with van der Waals surface area (Å²) in [5, 5.41) is 48.1. The monoisotopic (exact) mass is 304 g/mol. The third-order valence-corrected chi connectivity index (χ3v) is 3.88. The van der Waals surface area contributed by atoms with Crippen molar-refractivity contribution in [2.75, 3.05) is 6.61 Å². The molecule has 0 fully saturated rings. The van der Waals surface area contributed by atoms with Crippen LogP contribution in [0.15, 0.2) is 30.3 Å². The number of hydrogen-bond acceptors (Lipinski definition) is 6. The molecule has 3 rings (SSSR count). The van der Waals surface area contributed by atoms with Crippen LogP contribution in [0.1, 0.15) is 17.2 Å². The summed E-state index contributed by atoms with van der Waals surface area (Å²) < 4.78 is 5.81. The van der Waals surface area contributed by atoms with Crippen LogP contribution in [-0.4, -0.2) is 32.1 Å². The number of ether oxygens (including phenoxy) is 1. The average molecular weight is 304 g/mol. The van der Waals surface area contributed by atoms with Gasteiger partial charge in [-0.15, -0.1) is 0 Å². The van der Waals surface area contributed by atoms with Gasteiger partial charge in [-0.05, 0) is 24.1 Å². The SMILES string of the molecule is OCC1Cc2c(O)cc(O)cc2OC1c1ccc(O)c(O)c1. The highest BCUT2D eigenvalue weighted by Gasteiger charge is 2.33. The largest absolute Gasteiger partial charge is 0.508 e. The van der Waals surface area contributed by atoms with Crippen molar-refractivity contribution in [2.45, 2.75) is 12.5 Å². The molecule has 0 saturated carbocycles. The Labute approximate surface area is 126 Å². The first-order chi connectivity index (χ1) is 10.5. The molecule has 0 saturated heterocycles. The molecule has 0 radical (unpaired) electrons. The van der Waals surface area contributed by atoms with Gasteiger partial charge in [-0.3, -0.25) is 0 Å². The van der Waals surface area contributed by atoms with Gasteiger partial charge in [-0.1, -0.05) is 6.07 Å². The van der Waals surface area contributed by atoms with Gasteiger partial charge in [0.15, 0.2) is 11.5 Å². The Kier molecular flexibility index (Phi) is 3.46. The van der Waals surface area contributed by atoms with Crippen LogP contribution in [0.3, 0.4) is 0 Å². The van der Waals surface area contributed by atoms with E-state index in [-0.39, 0.29) is 35.5 Å². The number of aliphatic hydroxyl groups excluding tert-OH is 1. The second-order valence-electron chi connectivity index (χ2n) is 5.37. The molecule has 22 heavy (non-hydrogen) atoms. The van der Waals surface area contributed by atoms with Gasteiger partial charge in [0.25, 0.3) is 0 Å². The highest BCUT2D eigenvalue weighted by atomic mass is 16.5. The van der Waals surface area contributed by atoms with Crippen molar-refractivity contribution in [3.05, 3.63) is 41.5 Å². The zero-order valence-electron chi connectivity index (χ0n) is 11.6. The van der Waals surface area contributed by atoms with Crippen molar-refractivity contribution in [2.24, 2.45) is 5.92 Å². The number of hydrogen-bond donors (Lipinski definition) is 5. The molecule has 0 aromatic heterocycles. The van der Waals surface area contributed by atoms with Crippen molar-refractivity contribution in [1.29, 1.82) is 0 Å². The number of phenolic OH excluding ortho intramolecular Hbond substituents is 4. The summed E-state index contributed by atoms with van der Waals surface area (Å²) >= 11 is 0. The van der Waals surface area contributed by atoms with Crippen LogP contribution in [0.4, 0.5) is 0 Å². The Balaban J connectivity index is 2.02. The van der Waals surface area contributed by atoms with Crippen LogP contribution in [0.2, 0.25) is 0 Å². The fraction of sp³-hybridized carbons (Fsp3) is 0.250. The summed E-state index contributed by atoms with van der Waals surface area (Å²) in [7, 11) is 0. The van der Waals surface area contributed by atoms with Crippen LogP contribution in [0.5, 0.6) is 28.7 Å². The summed E-state index contributed by atoms with van der Waals surface area (Å²) in [5.41, 5.74) is 1.11. The molecule has 1 aliphatic heterocycles. The number of aromatic hydroxyl groups is 4. The Bertz CT molecular complexity index is 712. The van der Waals surface area contributed by atoms with Gasteiger partial charge >= 0.3 is 0 Å². The van der Waals surface area contributed by atoms with Gasteiger partial charge in [0.1, 0.15) is 23.4 Å². The molecule has 1 heterocycles. The van der Waals surface area contributed by atoms with E-state index in [0.717, 1.165) is 0 Å². The number of aliphatic hydroxyl groups is 1. The minimum Gasteiger partial charge on any atom is -0.508 e. The minimum atomic E-state index is -0.565. The molecule has 6 heteroatoms. The Morgan fingerprint density at radius 1 is 0.955 bits per heavy atom. The molecule has 116 valence electrons. The Hall–Kier alpha value is -2.60. The number of rotatable bonds is 2. The fourth-order valence-electron chi connectivity index (χ4n) is 2.75. The van der Waals surface area contributed by atoms with E-state index in [1.54, 1.807) is 6.07 Å². The zero-order valence-corrected chi connectivity index (χ0v) is 11.6. The summed E-state index contributed by atoms with van der Waals surface area (Å²) in [6, 6.07) is 6.93. The lowest BCUT2D eigenvalue weighted by Gasteiger charge is -2.33. The summed E-state index contributed by atoms with van der Waals surface area (Å²) in [6.07, 6.45) is -0.199. The van der Waals surface area contributed by atoms with Crippen LogP contribution < -0.4 is 4.74 Å². The molecular formula is C16H16O6. The standard InChI is InChI=1S/C16H16O6/c17-7-9-3-11-13(20)5-10(18)6-15(11)22-16(9)8-1-2-12(19)14(21)4-8/h1-2,4-6,9,16-21H,3,7H2. The first-order valence-corrected chi connectivity index (χ1v) is 6.84. The van der Waals surface area contributed by atoms with E-state index in [0.29, 0.717) is 23.3 Å². The van der Waals surface area contributed by atoms with E-state index in [1.165, 1.54) is 24.3 Å². The Morgan fingerprint density at radius 3 is 2.41 bits per heavy atom. The minimum absolute atomic E-state index is 0.0829. The molecule has 2 aromatic rings. The van der Waals surface area contributed by atoms with E-state index in [9.17, 15) is 25.5 Å². The zero-order chi connectivity index (χ0) is 15.9. The molecule has 6 nitrogen and oxygen atoms in total. The van der Waals surface area contributed by atoms with E-state index in [2.05, 4.69) is 0 Å². The van der Waals surface area contributed by atoms with Crippen molar-refractivity contribution >= 4 is 0 Å². The van der Waals surface area contributed by atoms with Gasteiger partial charge in [0, 0.05) is 23.6 Å². The number of phenols is 4. The van der Waals surface area contributed by atoms with Crippen LogP contribution in [-0.2, 0) is 6.42 Å². The van der Waals surface area contributed by atoms with Gasteiger partial charge in [0.05, 0.1) is 6.61 Å². The quantitative estimate of drug-likeness (QED) is 0.541. The van der Waals surface area contributed by atoms with Gasteiger partial charge in [-0.25, -0.2) is 0 Å². The average Bonchev–Trinajstić information content (AvgIpc) is 2.48. The first-order valence-electron chi connectivity index (χ1n) is 6.84. The third-order valence-electron chi connectivity index (χ3n) is 3.88. The second-order valence-corrected chi connectivity index (χ2v) is 5.37. The van der Waals surface area contributed by atoms with Crippen LogP contribution >= 0.6 is 0 Å². The van der Waals surface area contributed by atoms with Crippen LogP contribution in [0, 0.1) is 5.92 Å². The lowest BCUT2D eigenvalue weighted by molar-refractivity contribution is 0.0683. The fourth-order valence-corrected chi connectivity index (χ4v) is 2.75. The van der Waals surface area contributed by atoms with Gasteiger partial charge < -0.3 is 30.3 Å². The van der Waals surface area contributed by atoms with Crippen molar-refractivity contribution in [1.82, 2.24) is 0 Å². The molecule has 2 aromatic carbocycles. The topological polar surface area (TPSA) is 110 Å². The van der Waals surface area contributed by atoms with E-state index >= 15 is 0 Å².